The highest BCUT2D eigenvalue weighted by Gasteiger charge is 2.09. The lowest BCUT2D eigenvalue weighted by Crippen LogP contribution is -2.29. The average Bonchev–Trinajstić information content (AvgIpc) is 3.11. The Morgan fingerprint density at radius 2 is 0.816 bits per heavy atom. The molecule has 7 nitrogen and oxygen atoms in total. The van der Waals surface area contributed by atoms with Crippen molar-refractivity contribution >= 4 is 13.3 Å². The maximum Gasteiger partial charge on any atom is 0.290 e. The summed E-state index contributed by atoms with van der Waals surface area (Å²) in [7, 11) is 0. The molecular weight excluding hydrogens is 614 g/mol. The molecule has 0 saturated carbocycles. The molecule has 0 saturated heterocycles. The van der Waals surface area contributed by atoms with Crippen LogP contribution in [0.2, 0.25) is 0 Å². The maximum atomic E-state index is 9.36. The molecule has 0 aliphatic heterocycles. The van der Waals surface area contributed by atoms with E-state index in [2.05, 4.69) is 32.6 Å². The van der Waals surface area contributed by atoms with Crippen LogP contribution in [0.25, 0.3) is 0 Å². The smallest absolute Gasteiger partial charge is 0.290 e. The summed E-state index contributed by atoms with van der Waals surface area (Å²) < 4.78 is 0. The number of carbonyl (C=O) groups excluding carboxylic acids is 1. The van der Waals surface area contributed by atoms with Gasteiger partial charge >= 0.3 is 0 Å². The molecule has 0 aromatic rings. The van der Waals surface area contributed by atoms with Crippen LogP contribution in [0.1, 0.15) is 207 Å². The topological polar surface area (TPSA) is 118 Å². The van der Waals surface area contributed by atoms with Crippen molar-refractivity contribution in [2.24, 2.45) is 11.8 Å². The van der Waals surface area contributed by atoms with E-state index >= 15 is 0 Å². The Morgan fingerprint density at radius 3 is 1.18 bits per heavy atom. The third kappa shape index (κ3) is 53.9. The molecule has 0 radical (unpaired) electrons. The summed E-state index contributed by atoms with van der Waals surface area (Å²) in [6.07, 6.45) is 37.9. The Hall–Kier alpha value is -1.02. The second kappa shape index (κ2) is 53.8. The van der Waals surface area contributed by atoms with Crippen LogP contribution in [-0.4, -0.2) is 78.0 Å². The van der Waals surface area contributed by atoms with Crippen molar-refractivity contribution in [1.29, 1.82) is 0 Å². The molecule has 1 atom stereocenters. The summed E-state index contributed by atoms with van der Waals surface area (Å²) in [6.45, 7) is 14.7. The van der Waals surface area contributed by atoms with E-state index in [4.69, 9.17) is 24.9 Å². The quantitative estimate of drug-likeness (QED) is 0.0383. The van der Waals surface area contributed by atoms with Gasteiger partial charge < -0.3 is 30.1 Å². The number of hydrogen-bond acceptors (Lipinski definition) is 6. The molecule has 0 spiro atoms. The van der Waals surface area contributed by atoms with Crippen LogP contribution in [0.4, 0.5) is 0 Å². The Bertz CT molecular complexity index is 537. The predicted molar refractivity (Wildman–Crippen MR) is 212 cm³/mol. The molecule has 0 fully saturated rings. The molecule has 0 amide bonds. The molecule has 0 aliphatic rings. The van der Waals surface area contributed by atoms with E-state index in [-0.39, 0.29) is 13.1 Å². The molecular formula is C42H89NO6. The van der Waals surface area contributed by atoms with E-state index in [1.165, 1.54) is 167 Å². The van der Waals surface area contributed by atoms with E-state index in [1.54, 1.807) is 0 Å². The van der Waals surface area contributed by atoms with Gasteiger partial charge in [0.2, 0.25) is 0 Å². The summed E-state index contributed by atoms with van der Waals surface area (Å²) >= 11 is 0. The van der Waals surface area contributed by atoms with Crippen LogP contribution >= 0.6 is 0 Å². The molecule has 7 heteroatoms. The molecule has 0 aromatic carbocycles. The van der Waals surface area contributed by atoms with Gasteiger partial charge in [0.25, 0.3) is 6.47 Å². The summed E-state index contributed by atoms with van der Waals surface area (Å²) in [4.78, 5) is 18.8. The second-order valence-corrected chi connectivity index (χ2v) is 14.1. The SMILES string of the molecule is C=O.CCCCCC(C)CO.CCCCCCCCC(CCCCCCCC)CCCCCCCN(CCO)CCCCCCO.O=CO. The van der Waals surface area contributed by atoms with Crippen LogP contribution < -0.4 is 0 Å². The zero-order chi connectivity index (χ0) is 37.5. The van der Waals surface area contributed by atoms with Crippen molar-refractivity contribution in [1.82, 2.24) is 4.90 Å². The second-order valence-electron chi connectivity index (χ2n) is 14.1. The first-order valence-electron chi connectivity index (χ1n) is 20.9. The highest BCUT2D eigenvalue weighted by atomic mass is 16.3. The molecule has 0 rings (SSSR count). The van der Waals surface area contributed by atoms with Gasteiger partial charge in [-0.25, -0.2) is 0 Å². The Balaban J connectivity index is -0.000000606. The summed E-state index contributed by atoms with van der Waals surface area (Å²) in [5, 5.41) is 33.8. The van der Waals surface area contributed by atoms with Crippen molar-refractivity contribution in [2.45, 2.75) is 207 Å². The van der Waals surface area contributed by atoms with Crippen molar-refractivity contribution in [2.75, 3.05) is 39.5 Å². The number of aliphatic hydroxyl groups is 3. The van der Waals surface area contributed by atoms with Crippen molar-refractivity contribution in [3.05, 3.63) is 0 Å². The molecule has 49 heavy (non-hydrogen) atoms. The van der Waals surface area contributed by atoms with Gasteiger partial charge in [0, 0.05) is 19.8 Å². The maximum absolute atomic E-state index is 9.36. The summed E-state index contributed by atoms with van der Waals surface area (Å²) in [5.41, 5.74) is 0. The van der Waals surface area contributed by atoms with E-state index in [0.717, 1.165) is 38.4 Å². The minimum Gasteiger partial charge on any atom is -0.483 e. The summed E-state index contributed by atoms with van der Waals surface area (Å²) in [6, 6.07) is 0. The van der Waals surface area contributed by atoms with Crippen molar-refractivity contribution in [3.8, 4) is 0 Å². The number of unbranched alkanes of at least 4 members (excludes halogenated alkanes) is 19. The van der Waals surface area contributed by atoms with E-state index in [0.29, 0.717) is 19.1 Å². The Morgan fingerprint density at radius 1 is 0.490 bits per heavy atom. The Labute approximate surface area is 306 Å². The molecule has 0 aliphatic carbocycles. The van der Waals surface area contributed by atoms with Gasteiger partial charge in [-0.3, -0.25) is 4.79 Å². The van der Waals surface area contributed by atoms with Crippen LogP contribution in [0.15, 0.2) is 0 Å². The Kier molecular flexibility index (Phi) is 60.1. The fourth-order valence-corrected chi connectivity index (χ4v) is 6.27. The van der Waals surface area contributed by atoms with E-state index in [9.17, 15) is 5.11 Å². The van der Waals surface area contributed by atoms with Crippen LogP contribution in [0.3, 0.4) is 0 Å². The van der Waals surface area contributed by atoms with Crippen molar-refractivity contribution < 1.29 is 30.0 Å². The molecule has 1 unspecified atom stereocenters. The highest BCUT2D eigenvalue weighted by Crippen LogP contribution is 2.25. The zero-order valence-electron chi connectivity index (χ0n) is 33.5. The van der Waals surface area contributed by atoms with Crippen molar-refractivity contribution in [3.63, 3.8) is 0 Å². The number of carbonyl (C=O) groups is 2. The third-order valence-electron chi connectivity index (χ3n) is 9.43. The summed E-state index contributed by atoms with van der Waals surface area (Å²) in [5.74, 6) is 1.50. The van der Waals surface area contributed by atoms with Gasteiger partial charge in [-0.1, -0.05) is 182 Å². The van der Waals surface area contributed by atoms with Crippen LogP contribution in [0.5, 0.6) is 0 Å². The fourth-order valence-electron chi connectivity index (χ4n) is 6.27. The standard InChI is InChI=1S/C32H67NO2.C8H18O.CH2O2.CH2O/c1-3-5-7-9-12-18-24-32(25-19-13-10-8-6-4-2)26-20-14-11-15-21-27-33(29-31-35)28-22-16-17-23-30-34;1-3-4-5-6-8(2)7-9;2-1-3;1-2/h32,34-35H,3-31H2,1-2H3;8-9H,3-7H2,1-2H3;1H,(H,2,3);1H2. The predicted octanol–water partition coefficient (Wildman–Crippen LogP) is 11.0. The van der Waals surface area contributed by atoms with Gasteiger partial charge in [-0.05, 0) is 50.6 Å². The largest absolute Gasteiger partial charge is 0.483 e. The number of aliphatic hydroxyl groups excluding tert-OH is 3. The average molecular weight is 704 g/mol. The van der Waals surface area contributed by atoms with E-state index < -0.39 is 0 Å². The lowest BCUT2D eigenvalue weighted by molar-refractivity contribution is -0.122. The lowest BCUT2D eigenvalue weighted by Gasteiger charge is -2.21. The fraction of sp³-hybridized carbons (Fsp3) is 0.952. The third-order valence-corrected chi connectivity index (χ3v) is 9.43. The lowest BCUT2D eigenvalue weighted by atomic mass is 9.89. The normalized spacial score (nSPS) is 11.3. The molecule has 0 aromatic heterocycles. The minimum atomic E-state index is -0.250. The minimum absolute atomic E-state index is 0.250. The number of rotatable bonds is 35. The number of carboxylic acid groups (broad SMARTS) is 1. The van der Waals surface area contributed by atoms with Gasteiger partial charge in [0.15, 0.2) is 0 Å². The molecule has 298 valence electrons. The van der Waals surface area contributed by atoms with Gasteiger partial charge in [-0.2, -0.15) is 0 Å². The highest BCUT2D eigenvalue weighted by molar-refractivity contribution is 5.32. The van der Waals surface area contributed by atoms with Gasteiger partial charge in [0.1, 0.15) is 6.79 Å². The first-order valence-corrected chi connectivity index (χ1v) is 20.9. The monoisotopic (exact) mass is 704 g/mol. The molecule has 4 N–H and O–H groups in total. The number of hydrogen-bond donors (Lipinski definition) is 4. The first kappa shape index (κ1) is 54.7. The van der Waals surface area contributed by atoms with Crippen LogP contribution in [-0.2, 0) is 9.59 Å². The van der Waals surface area contributed by atoms with Gasteiger partial charge in [-0.15, -0.1) is 0 Å². The molecule has 0 bridgehead atoms. The van der Waals surface area contributed by atoms with Crippen LogP contribution in [0, 0.1) is 11.8 Å². The van der Waals surface area contributed by atoms with E-state index in [1.807, 2.05) is 6.79 Å². The molecule has 0 heterocycles. The first-order chi connectivity index (χ1) is 24.0. The zero-order valence-corrected chi connectivity index (χ0v) is 33.5. The number of nitrogens with zero attached hydrogens (tertiary/aromatic N) is 1. The van der Waals surface area contributed by atoms with Gasteiger partial charge in [0.05, 0.1) is 6.61 Å².